The van der Waals surface area contributed by atoms with Gasteiger partial charge in [-0.05, 0) is 0 Å². The average Bonchev–Trinajstić information content (AvgIpc) is 3.01. The minimum absolute atomic E-state index is 2.88. The van der Waals surface area contributed by atoms with Gasteiger partial charge < -0.3 is 0 Å². The molecule has 44 heteroatoms. The standard InChI is InChI=1S/C19Cl40.H2O3S/c20-1(21,2(22,23)4(26,27)6(30,31)8(34,35)10(38,39)12(42,43)14(46,47)16(50,51)18(54,55)56)3(24,25)5(28,29)7(32,33)9(36,37)11(40,41)13(44,45)15(48,49)17(52,53)19(57,58)59;1-4(2)3/h;4H,(H,1,2,3). The van der Waals surface area contributed by atoms with E-state index in [-0.39, 0.29) is 0 Å². The zero-order chi connectivity index (χ0) is 53.1. The molecule has 0 aliphatic carbocycles. The quantitative estimate of drug-likeness (QED) is 0.0920. The fraction of sp³-hybridized carbons (Fsp3) is 1.00. The van der Waals surface area contributed by atoms with Crippen molar-refractivity contribution in [2.75, 3.05) is 0 Å². The molecule has 0 aromatic rings. The minimum atomic E-state index is -3.75. The van der Waals surface area contributed by atoms with Crippen molar-refractivity contribution in [3.8, 4) is 0 Å². The molecule has 0 aromatic carbocycles. The van der Waals surface area contributed by atoms with Crippen LogP contribution in [0.5, 0.6) is 0 Å². The molecule has 0 saturated carbocycles. The molecule has 0 unspecified atom stereocenters. The zero-order valence-electron chi connectivity index (χ0n) is 26.3. The Kier molecular flexibility index (Phi) is 28.4. The maximum absolute atomic E-state index is 8.59. The summed E-state index contributed by atoms with van der Waals surface area (Å²) in [6.45, 7) is 0. The summed E-state index contributed by atoms with van der Waals surface area (Å²) in [5.74, 6) is 0. The Balaban J connectivity index is 0. The Hall–Kier alpha value is 11.5. The third kappa shape index (κ3) is 12.5. The number of rotatable bonds is 16. The van der Waals surface area contributed by atoms with Crippen LogP contribution in [0.1, 0.15) is 0 Å². The lowest BCUT2D eigenvalue weighted by Crippen LogP contribution is -2.76. The van der Waals surface area contributed by atoms with Crippen LogP contribution >= 0.6 is 464 Å². The van der Waals surface area contributed by atoms with Gasteiger partial charge in [-0.2, -0.15) is 0 Å². The van der Waals surface area contributed by atoms with Crippen LogP contribution < -0.4 is 0 Å². The lowest BCUT2D eigenvalue weighted by atomic mass is 9.96. The van der Waals surface area contributed by atoms with Gasteiger partial charge in [0.15, 0.2) is 65.0 Å². The highest BCUT2D eigenvalue weighted by Crippen LogP contribution is 2.79. The Morgan fingerprint density at radius 2 is 0.222 bits per heavy atom. The van der Waals surface area contributed by atoms with Crippen molar-refractivity contribution in [2.45, 2.75) is 81.3 Å². The molecule has 0 fully saturated rings. The van der Waals surface area contributed by atoms with Crippen molar-refractivity contribution in [2.24, 2.45) is 0 Å². The number of halogens is 40. The summed E-state index contributed by atoms with van der Waals surface area (Å²) < 4.78 is -41.8. The third-order valence-corrected chi connectivity index (χ3v) is 35.4. The molecule has 0 rings (SSSR count). The molecule has 0 aromatic heterocycles. The van der Waals surface area contributed by atoms with Gasteiger partial charge in [0.05, 0.1) is 0 Å². The molecule has 0 heterocycles. The second-order valence-corrected chi connectivity index (χ2v) is 38.6. The van der Waals surface area contributed by atoms with Crippen molar-refractivity contribution in [1.29, 1.82) is 0 Å². The number of thiol groups is 1. The van der Waals surface area contributed by atoms with E-state index < -0.39 is 92.2 Å². The van der Waals surface area contributed by atoms with E-state index in [4.69, 9.17) is 477 Å². The van der Waals surface area contributed by atoms with Gasteiger partial charge in [-0.3, -0.25) is 4.55 Å². The van der Waals surface area contributed by atoms with Gasteiger partial charge in [0.1, 0.15) is 0 Å². The van der Waals surface area contributed by atoms with Crippen LogP contribution in [-0.4, -0.2) is 94.2 Å². The molecule has 0 saturated heterocycles. The van der Waals surface area contributed by atoms with Crippen LogP contribution in [0.2, 0.25) is 0 Å². The predicted molar refractivity (Wildman–Crippen MR) is 299 cm³/mol. The summed E-state index contributed by atoms with van der Waals surface area (Å²) in [7, 11) is -3.12. The highest BCUT2D eigenvalue weighted by Gasteiger charge is 2.88. The van der Waals surface area contributed by atoms with Gasteiger partial charge in [-0.1, -0.05) is 464 Å². The monoisotopic (exact) mass is 1710 g/mol. The smallest absolute Gasteiger partial charge is 0.254 e. The first-order chi connectivity index (χ1) is 26.2. The third-order valence-electron chi connectivity index (χ3n) is 7.02. The fourth-order valence-electron chi connectivity index (χ4n) is 3.31. The first kappa shape index (κ1) is 76.6. The van der Waals surface area contributed by atoms with Crippen LogP contribution in [0.15, 0.2) is 0 Å². The van der Waals surface area contributed by atoms with Crippen molar-refractivity contribution >= 4 is 475 Å². The Bertz CT molecular complexity index is 1590. The normalized spacial score (nSPS) is 16.9. The summed E-state index contributed by atoms with van der Waals surface area (Å²) in [4.78, 5) is 0. The molecular weight excluding hydrogens is 1730 g/mol. The maximum Gasteiger partial charge on any atom is 0.254 e. The Labute approximate surface area is 559 Å². The molecule has 0 radical (unpaired) electrons. The van der Waals surface area contributed by atoms with Gasteiger partial charge in [0, 0.05) is 0 Å². The Morgan fingerprint density at radius 3 is 0.270 bits per heavy atom. The number of alkyl halides is 40. The van der Waals surface area contributed by atoms with Crippen LogP contribution in [0.3, 0.4) is 0 Å². The molecule has 0 amide bonds. The van der Waals surface area contributed by atoms with Gasteiger partial charge in [-0.15, -0.1) is 0 Å². The largest absolute Gasteiger partial charge is 0.288 e. The molecule has 0 atom stereocenters. The molecule has 1 N–H and O–H groups in total. The SMILES string of the molecule is ClC(Cl)(Cl)C(Cl)(Cl)C(Cl)(Cl)C(Cl)(Cl)C(Cl)(Cl)C(Cl)(Cl)C(Cl)(Cl)C(Cl)(Cl)C(Cl)(Cl)C(Cl)(Cl)C(Cl)(Cl)C(Cl)(Cl)C(Cl)(Cl)C(Cl)(Cl)C(Cl)(Cl)C(Cl)(Cl)C(Cl)(Cl)C(Cl)(Cl)C(Cl)(Cl)Cl.O=[SH](=O)O. The van der Waals surface area contributed by atoms with E-state index in [9.17, 15) is 0 Å². The van der Waals surface area contributed by atoms with Gasteiger partial charge in [0.25, 0.3) is 11.0 Å². The van der Waals surface area contributed by atoms with E-state index in [2.05, 4.69) is 0 Å². The van der Waals surface area contributed by atoms with Crippen molar-refractivity contribution in [1.82, 2.24) is 0 Å². The fourth-order valence-corrected chi connectivity index (χ4v) is 16.7. The van der Waals surface area contributed by atoms with E-state index in [0.29, 0.717) is 0 Å². The predicted octanol–water partition coefficient (Wildman–Crippen LogP) is 22.8. The van der Waals surface area contributed by atoms with E-state index in [0.717, 1.165) is 0 Å². The molecule has 0 bridgehead atoms. The highest BCUT2D eigenvalue weighted by atomic mass is 35.6. The average molecular weight is 1730 g/mol. The maximum atomic E-state index is 8.59. The molecule has 0 aliphatic heterocycles. The van der Waals surface area contributed by atoms with E-state index in [1.165, 1.54) is 0 Å². The van der Waals surface area contributed by atoms with Crippen LogP contribution in [0, 0.1) is 0 Å². The molecule has 0 spiro atoms. The minimum Gasteiger partial charge on any atom is -0.288 e. The van der Waals surface area contributed by atoms with Gasteiger partial charge in [0.2, 0.25) is 16.3 Å². The first-order valence-corrected chi connectivity index (χ1v) is 28.9. The van der Waals surface area contributed by atoms with Crippen molar-refractivity contribution in [3.63, 3.8) is 0 Å². The van der Waals surface area contributed by atoms with Crippen LogP contribution in [0.25, 0.3) is 0 Å². The molecule has 382 valence electrons. The number of hydrogen-bond acceptors (Lipinski definition) is 2. The van der Waals surface area contributed by atoms with Crippen LogP contribution in [0.4, 0.5) is 0 Å². The lowest BCUT2D eigenvalue weighted by molar-refractivity contribution is 0.390. The summed E-state index contributed by atoms with van der Waals surface area (Å²) in [6, 6.07) is 0. The number of hydrogen-bond donors (Lipinski definition) is 2. The summed E-state index contributed by atoms with van der Waals surface area (Å²) in [6.07, 6.45) is 0. The van der Waals surface area contributed by atoms with Gasteiger partial charge >= 0.3 is 0 Å². The second kappa shape index (κ2) is 23.4. The van der Waals surface area contributed by atoms with Crippen molar-refractivity contribution in [3.05, 3.63) is 0 Å². The summed E-state index contributed by atoms with van der Waals surface area (Å²) in [5.41, 5.74) is 0. The first-order valence-electron chi connectivity index (χ1n) is 12.6. The molecular formula is C19H2Cl40O3S. The second-order valence-electron chi connectivity index (χ2n) is 11.0. The van der Waals surface area contributed by atoms with Crippen molar-refractivity contribution < 1.29 is 13.0 Å². The van der Waals surface area contributed by atoms with Crippen LogP contribution in [-0.2, 0) is 11.0 Å². The molecule has 63 heavy (non-hydrogen) atoms. The zero-order valence-corrected chi connectivity index (χ0v) is 57.5. The Morgan fingerprint density at radius 1 is 0.175 bits per heavy atom. The lowest BCUT2D eigenvalue weighted by Gasteiger charge is -2.59. The van der Waals surface area contributed by atoms with E-state index in [1.807, 2.05) is 0 Å². The molecule has 3 nitrogen and oxygen atoms in total. The summed E-state index contributed by atoms with van der Waals surface area (Å²) in [5, 5.41) is 0. The van der Waals surface area contributed by atoms with E-state index >= 15 is 0 Å². The molecule has 0 aliphatic rings. The highest BCUT2D eigenvalue weighted by molar-refractivity contribution is 7.66. The topological polar surface area (TPSA) is 54.4 Å². The van der Waals surface area contributed by atoms with Gasteiger partial charge in [-0.25, -0.2) is 8.42 Å². The van der Waals surface area contributed by atoms with E-state index in [1.54, 1.807) is 0 Å². The summed E-state index contributed by atoms with van der Waals surface area (Å²) >= 11 is 254.